The summed E-state index contributed by atoms with van der Waals surface area (Å²) in [5.41, 5.74) is 6.53. The van der Waals surface area contributed by atoms with Crippen LogP contribution >= 0.6 is 27.7 Å². The van der Waals surface area contributed by atoms with Crippen LogP contribution in [0, 0.1) is 0 Å². The van der Waals surface area contributed by atoms with Crippen molar-refractivity contribution in [1.82, 2.24) is 0 Å². The van der Waals surface area contributed by atoms with Crippen molar-refractivity contribution in [3.05, 3.63) is 99.5 Å². The average Bonchev–Trinajstić information content (AvgIpc) is 2.81. The van der Waals surface area contributed by atoms with Crippen LogP contribution in [0.4, 0.5) is 0 Å². The molecular weight excluding hydrogens is 484 g/mol. The van der Waals surface area contributed by atoms with Gasteiger partial charge in [-0.1, -0.05) is 68.5 Å². The van der Waals surface area contributed by atoms with Gasteiger partial charge < -0.3 is 9.84 Å². The predicted octanol–water partition coefficient (Wildman–Crippen LogP) is 7.26. The second kappa shape index (κ2) is 11.9. The molecule has 3 aromatic carbocycles. The number of aryl methyl sites for hydroxylation is 2. The van der Waals surface area contributed by atoms with Gasteiger partial charge in [0.05, 0.1) is 4.47 Å². The third-order valence-corrected chi connectivity index (χ3v) is 6.71. The van der Waals surface area contributed by atoms with E-state index in [0.29, 0.717) is 5.75 Å². The van der Waals surface area contributed by atoms with Gasteiger partial charge in [-0.25, -0.2) is 4.79 Å². The summed E-state index contributed by atoms with van der Waals surface area (Å²) < 4.78 is 6.05. The number of rotatable bonds is 10. The monoisotopic (exact) mass is 510 g/mol. The first-order valence-corrected chi connectivity index (χ1v) is 12.4. The third-order valence-electron chi connectivity index (χ3n) is 5.17. The van der Waals surface area contributed by atoms with Crippen molar-refractivity contribution in [2.24, 2.45) is 0 Å². The van der Waals surface area contributed by atoms with Crippen LogP contribution in [0.25, 0.3) is 5.57 Å². The Hall–Kier alpha value is -2.50. The van der Waals surface area contributed by atoms with Crippen LogP contribution < -0.4 is 4.74 Å². The lowest BCUT2D eigenvalue weighted by molar-refractivity contribution is -0.139. The van der Waals surface area contributed by atoms with E-state index in [1.165, 1.54) is 27.8 Å². The van der Waals surface area contributed by atoms with Gasteiger partial charge in [0.15, 0.2) is 6.61 Å². The van der Waals surface area contributed by atoms with Crippen molar-refractivity contribution in [1.29, 1.82) is 0 Å². The molecule has 0 saturated heterocycles. The van der Waals surface area contributed by atoms with Gasteiger partial charge in [0.1, 0.15) is 5.75 Å². The van der Waals surface area contributed by atoms with Crippen LogP contribution in [0.5, 0.6) is 5.75 Å². The Kier molecular flexibility index (Phi) is 9.00. The molecule has 0 atom stereocenters. The summed E-state index contributed by atoms with van der Waals surface area (Å²) >= 11 is 5.22. The molecule has 0 bridgehead atoms. The largest absolute Gasteiger partial charge is 0.481 e. The summed E-state index contributed by atoms with van der Waals surface area (Å²) in [5.74, 6) is 0.349. The summed E-state index contributed by atoms with van der Waals surface area (Å²) in [6, 6.07) is 23.0. The molecule has 32 heavy (non-hydrogen) atoms. The molecule has 0 unspecified atom stereocenters. The lowest BCUT2D eigenvalue weighted by Gasteiger charge is -2.16. The predicted molar refractivity (Wildman–Crippen MR) is 137 cm³/mol. The van der Waals surface area contributed by atoms with E-state index in [0.717, 1.165) is 28.0 Å². The Morgan fingerprint density at radius 1 is 0.969 bits per heavy atom. The fourth-order valence-electron chi connectivity index (χ4n) is 3.60. The minimum atomic E-state index is -0.993. The first-order chi connectivity index (χ1) is 15.5. The molecule has 3 rings (SSSR count). The number of carboxylic acid groups (broad SMARTS) is 1. The zero-order valence-corrected chi connectivity index (χ0v) is 20.7. The lowest BCUT2D eigenvalue weighted by atomic mass is 9.89. The summed E-state index contributed by atoms with van der Waals surface area (Å²) in [4.78, 5) is 11.8. The second-order valence-corrected chi connectivity index (χ2v) is 9.17. The van der Waals surface area contributed by atoms with Gasteiger partial charge in [-0.15, -0.1) is 11.8 Å². The fourth-order valence-corrected chi connectivity index (χ4v) is 5.05. The van der Waals surface area contributed by atoms with Crippen LogP contribution in [0.2, 0.25) is 0 Å². The molecule has 166 valence electrons. The number of aliphatic carboxylic acids is 1. The van der Waals surface area contributed by atoms with Crippen LogP contribution in [-0.2, 0) is 17.6 Å². The molecule has 0 heterocycles. The molecule has 0 aliphatic rings. The minimum Gasteiger partial charge on any atom is -0.481 e. The van der Waals surface area contributed by atoms with Gasteiger partial charge in [0.2, 0.25) is 0 Å². The molecule has 0 fully saturated rings. The molecule has 1 N–H and O–H groups in total. The van der Waals surface area contributed by atoms with Crippen LogP contribution in [0.15, 0.2) is 82.2 Å². The highest BCUT2D eigenvalue weighted by molar-refractivity contribution is 9.10. The molecule has 0 radical (unpaired) electrons. The average molecular weight is 511 g/mol. The maximum atomic E-state index is 10.7. The number of thioether (sulfide) groups is 1. The van der Waals surface area contributed by atoms with Gasteiger partial charge in [-0.05, 0) is 74.8 Å². The summed E-state index contributed by atoms with van der Waals surface area (Å²) in [6.45, 7) is 4.04. The third kappa shape index (κ3) is 6.27. The maximum Gasteiger partial charge on any atom is 0.341 e. The Morgan fingerprint density at radius 3 is 2.09 bits per heavy atom. The number of hydrogen-bond acceptors (Lipinski definition) is 3. The van der Waals surface area contributed by atoms with E-state index >= 15 is 0 Å². The topological polar surface area (TPSA) is 46.5 Å². The molecule has 0 spiro atoms. The number of benzene rings is 3. The van der Waals surface area contributed by atoms with E-state index in [1.54, 1.807) is 17.8 Å². The van der Waals surface area contributed by atoms with E-state index in [-0.39, 0.29) is 6.61 Å². The summed E-state index contributed by atoms with van der Waals surface area (Å²) in [7, 11) is 0. The smallest absolute Gasteiger partial charge is 0.341 e. The Bertz CT molecular complexity index is 1060. The number of hydrogen-bond donors (Lipinski definition) is 1. The van der Waals surface area contributed by atoms with E-state index in [9.17, 15) is 4.79 Å². The molecular formula is C27H27BrO3S. The molecule has 0 aliphatic heterocycles. The van der Waals surface area contributed by atoms with Gasteiger partial charge in [0.25, 0.3) is 0 Å². The van der Waals surface area contributed by atoms with Crippen molar-refractivity contribution < 1.29 is 14.6 Å². The van der Waals surface area contributed by atoms with Crippen LogP contribution in [0.3, 0.4) is 0 Å². The quantitative estimate of drug-likeness (QED) is 0.291. The van der Waals surface area contributed by atoms with Crippen molar-refractivity contribution >= 4 is 39.2 Å². The Morgan fingerprint density at radius 2 is 1.56 bits per heavy atom. The number of halogens is 1. The summed E-state index contributed by atoms with van der Waals surface area (Å²) in [6.07, 6.45) is 4.29. The van der Waals surface area contributed by atoms with Gasteiger partial charge in [-0.3, -0.25) is 0 Å². The van der Waals surface area contributed by atoms with Crippen LogP contribution in [0.1, 0.15) is 36.1 Å². The molecule has 5 heteroatoms. The highest BCUT2D eigenvalue weighted by Crippen LogP contribution is 2.33. The zero-order chi connectivity index (χ0) is 22.9. The molecule has 0 aliphatic carbocycles. The van der Waals surface area contributed by atoms with E-state index in [1.807, 2.05) is 12.1 Å². The molecule has 3 aromatic rings. The zero-order valence-electron chi connectivity index (χ0n) is 18.3. The number of carboxylic acids is 1. The molecule has 0 aromatic heterocycles. The first-order valence-electron chi connectivity index (χ1n) is 10.7. The highest BCUT2D eigenvalue weighted by atomic mass is 79.9. The Balaban J connectivity index is 1.87. The lowest BCUT2D eigenvalue weighted by Crippen LogP contribution is -2.09. The van der Waals surface area contributed by atoms with Gasteiger partial charge >= 0.3 is 5.97 Å². The Labute approximate surface area is 202 Å². The van der Waals surface area contributed by atoms with Crippen molar-refractivity contribution in [3.8, 4) is 5.75 Å². The molecule has 0 amide bonds. The number of ether oxygens (including phenoxy) is 1. The minimum absolute atomic E-state index is 0.356. The van der Waals surface area contributed by atoms with Crippen molar-refractivity contribution in [3.63, 3.8) is 0 Å². The SMILES string of the molecule is CCc1ccccc1C(=CCSc1ccc(OCC(=O)O)c(Br)c1)c1ccccc1CC. The standard InChI is InChI=1S/C27H27BrO3S/c1-3-19-9-5-7-11-22(19)24(23-12-8-6-10-20(23)4-2)15-16-32-21-13-14-26(25(28)17-21)31-18-27(29)30/h5-15,17H,3-4,16,18H2,1-2H3,(H,29,30). The first kappa shape index (κ1) is 24.1. The highest BCUT2D eigenvalue weighted by Gasteiger charge is 2.12. The van der Waals surface area contributed by atoms with E-state index < -0.39 is 5.97 Å². The second-order valence-electron chi connectivity index (χ2n) is 7.22. The van der Waals surface area contributed by atoms with E-state index in [4.69, 9.17) is 9.84 Å². The van der Waals surface area contributed by atoms with Crippen molar-refractivity contribution in [2.45, 2.75) is 31.6 Å². The fraction of sp³-hybridized carbons (Fsp3) is 0.222. The maximum absolute atomic E-state index is 10.7. The van der Waals surface area contributed by atoms with Crippen molar-refractivity contribution in [2.75, 3.05) is 12.4 Å². The van der Waals surface area contributed by atoms with E-state index in [2.05, 4.69) is 84.4 Å². The molecule has 3 nitrogen and oxygen atoms in total. The molecule has 0 saturated carbocycles. The number of carbonyl (C=O) groups is 1. The van der Waals surface area contributed by atoms with Gasteiger partial charge in [-0.2, -0.15) is 0 Å². The normalized spacial score (nSPS) is 10.6. The van der Waals surface area contributed by atoms with Gasteiger partial charge in [0, 0.05) is 10.6 Å². The van der Waals surface area contributed by atoms with Crippen LogP contribution in [-0.4, -0.2) is 23.4 Å². The summed E-state index contributed by atoms with van der Waals surface area (Å²) in [5, 5.41) is 8.80.